The molecule has 0 aliphatic heterocycles. The minimum absolute atomic E-state index is 0.694. The first-order valence-corrected chi connectivity index (χ1v) is 7.66. The summed E-state index contributed by atoms with van der Waals surface area (Å²) in [6.45, 7) is 2.71. The Kier molecular flexibility index (Phi) is 4.17. The van der Waals surface area contributed by atoms with E-state index in [1.165, 1.54) is 0 Å². The standard InChI is InChI=1S/C17H16N2OS/c1-13-19-14(12-21-13)11-18-16-9-5-6-10-17(16)20-15-7-3-2-4-8-15/h2-10,12,18H,11H2,1H3. The van der Waals surface area contributed by atoms with Crippen molar-refractivity contribution in [3.05, 3.63) is 70.7 Å². The van der Waals surface area contributed by atoms with Crippen LogP contribution >= 0.6 is 11.3 Å². The lowest BCUT2D eigenvalue weighted by molar-refractivity contribution is 0.484. The van der Waals surface area contributed by atoms with Crippen LogP contribution in [-0.4, -0.2) is 4.98 Å². The van der Waals surface area contributed by atoms with E-state index in [9.17, 15) is 0 Å². The molecule has 1 heterocycles. The van der Waals surface area contributed by atoms with Crippen molar-refractivity contribution >= 4 is 17.0 Å². The highest BCUT2D eigenvalue weighted by Crippen LogP contribution is 2.29. The molecule has 0 unspecified atom stereocenters. The average Bonchev–Trinajstić information content (AvgIpc) is 2.93. The van der Waals surface area contributed by atoms with Crippen molar-refractivity contribution in [1.82, 2.24) is 4.98 Å². The molecular weight excluding hydrogens is 280 g/mol. The molecule has 3 rings (SSSR count). The van der Waals surface area contributed by atoms with Crippen LogP contribution in [0, 0.1) is 6.92 Å². The van der Waals surface area contributed by atoms with E-state index in [2.05, 4.69) is 15.7 Å². The van der Waals surface area contributed by atoms with Gasteiger partial charge in [0.15, 0.2) is 5.75 Å². The van der Waals surface area contributed by atoms with Gasteiger partial charge >= 0.3 is 0 Å². The number of hydrogen-bond acceptors (Lipinski definition) is 4. The van der Waals surface area contributed by atoms with Crippen molar-refractivity contribution in [2.75, 3.05) is 5.32 Å². The van der Waals surface area contributed by atoms with E-state index in [-0.39, 0.29) is 0 Å². The lowest BCUT2D eigenvalue weighted by Gasteiger charge is -2.12. The van der Waals surface area contributed by atoms with Crippen molar-refractivity contribution in [3.63, 3.8) is 0 Å². The van der Waals surface area contributed by atoms with Crippen molar-refractivity contribution < 1.29 is 4.74 Å². The van der Waals surface area contributed by atoms with Crippen molar-refractivity contribution in [2.45, 2.75) is 13.5 Å². The van der Waals surface area contributed by atoms with E-state index in [0.717, 1.165) is 27.9 Å². The van der Waals surface area contributed by atoms with Gasteiger partial charge in [-0.15, -0.1) is 11.3 Å². The molecule has 106 valence electrons. The summed E-state index contributed by atoms with van der Waals surface area (Å²) in [7, 11) is 0. The number of nitrogens with one attached hydrogen (secondary N) is 1. The third-order valence-electron chi connectivity index (χ3n) is 2.98. The normalized spacial score (nSPS) is 10.3. The van der Waals surface area contributed by atoms with Gasteiger partial charge in [0.1, 0.15) is 5.75 Å². The van der Waals surface area contributed by atoms with Crippen LogP contribution < -0.4 is 10.1 Å². The summed E-state index contributed by atoms with van der Waals surface area (Å²) < 4.78 is 5.92. The molecule has 0 bridgehead atoms. The number of aryl methyl sites for hydroxylation is 1. The van der Waals surface area contributed by atoms with Crippen LogP contribution in [0.15, 0.2) is 60.0 Å². The fraction of sp³-hybridized carbons (Fsp3) is 0.118. The second-order valence-corrected chi connectivity index (χ2v) is 5.68. The lowest BCUT2D eigenvalue weighted by atomic mass is 10.2. The number of rotatable bonds is 5. The molecule has 1 N–H and O–H groups in total. The van der Waals surface area contributed by atoms with Gasteiger partial charge in [0.25, 0.3) is 0 Å². The maximum absolute atomic E-state index is 5.92. The monoisotopic (exact) mass is 296 g/mol. The van der Waals surface area contributed by atoms with Crippen LogP contribution in [-0.2, 0) is 6.54 Å². The molecule has 1 aromatic heterocycles. The third kappa shape index (κ3) is 3.61. The van der Waals surface area contributed by atoms with E-state index in [0.29, 0.717) is 6.54 Å². The molecule has 0 aliphatic rings. The maximum Gasteiger partial charge on any atom is 0.150 e. The molecule has 0 saturated heterocycles. The first-order valence-electron chi connectivity index (χ1n) is 6.78. The van der Waals surface area contributed by atoms with Crippen LogP contribution in [0.1, 0.15) is 10.7 Å². The molecule has 0 amide bonds. The highest BCUT2D eigenvalue weighted by molar-refractivity contribution is 7.09. The second kappa shape index (κ2) is 6.41. The average molecular weight is 296 g/mol. The summed E-state index contributed by atoms with van der Waals surface area (Å²) in [4.78, 5) is 4.45. The second-order valence-electron chi connectivity index (χ2n) is 4.62. The van der Waals surface area contributed by atoms with Crippen LogP contribution in [0.2, 0.25) is 0 Å². The summed E-state index contributed by atoms with van der Waals surface area (Å²) in [6.07, 6.45) is 0. The van der Waals surface area contributed by atoms with E-state index < -0.39 is 0 Å². The van der Waals surface area contributed by atoms with Crippen LogP contribution in [0.5, 0.6) is 11.5 Å². The maximum atomic E-state index is 5.92. The van der Waals surface area contributed by atoms with E-state index in [1.807, 2.05) is 61.5 Å². The summed E-state index contributed by atoms with van der Waals surface area (Å²) in [5, 5.41) is 6.54. The zero-order valence-electron chi connectivity index (χ0n) is 11.7. The summed E-state index contributed by atoms with van der Waals surface area (Å²) in [5.41, 5.74) is 2.01. The fourth-order valence-corrected chi connectivity index (χ4v) is 2.60. The molecule has 3 aromatic rings. The van der Waals surface area contributed by atoms with Gasteiger partial charge in [-0.1, -0.05) is 30.3 Å². The van der Waals surface area contributed by atoms with Crippen LogP contribution in [0.4, 0.5) is 5.69 Å². The van der Waals surface area contributed by atoms with Gasteiger partial charge in [0.05, 0.1) is 22.9 Å². The Labute approximate surface area is 128 Å². The van der Waals surface area contributed by atoms with E-state index >= 15 is 0 Å². The van der Waals surface area contributed by atoms with Gasteiger partial charge in [-0.05, 0) is 31.2 Å². The van der Waals surface area contributed by atoms with Gasteiger partial charge in [-0.3, -0.25) is 0 Å². The molecule has 3 nitrogen and oxygen atoms in total. The van der Waals surface area contributed by atoms with E-state index in [4.69, 9.17) is 4.74 Å². The highest BCUT2D eigenvalue weighted by atomic mass is 32.1. The molecule has 0 spiro atoms. The van der Waals surface area contributed by atoms with Crippen LogP contribution in [0.25, 0.3) is 0 Å². The Morgan fingerprint density at radius 1 is 1.05 bits per heavy atom. The molecule has 0 saturated carbocycles. The number of aromatic nitrogens is 1. The van der Waals surface area contributed by atoms with Crippen LogP contribution in [0.3, 0.4) is 0 Å². The fourth-order valence-electron chi connectivity index (χ4n) is 1.99. The number of anilines is 1. The van der Waals surface area contributed by atoms with Gasteiger partial charge < -0.3 is 10.1 Å². The molecule has 0 fully saturated rings. The van der Waals surface area contributed by atoms with Crippen molar-refractivity contribution in [3.8, 4) is 11.5 Å². The summed E-state index contributed by atoms with van der Waals surface area (Å²) in [5.74, 6) is 1.65. The number of ether oxygens (including phenoxy) is 1. The Bertz CT molecular complexity index is 710. The first-order chi connectivity index (χ1) is 10.3. The largest absolute Gasteiger partial charge is 0.455 e. The van der Waals surface area contributed by atoms with Gasteiger partial charge in [-0.25, -0.2) is 4.98 Å². The summed E-state index contributed by atoms with van der Waals surface area (Å²) >= 11 is 1.66. The first kappa shape index (κ1) is 13.6. The lowest BCUT2D eigenvalue weighted by Crippen LogP contribution is -2.01. The number of hydrogen-bond donors (Lipinski definition) is 1. The number of benzene rings is 2. The number of thiazole rings is 1. The molecule has 2 aromatic carbocycles. The number of nitrogens with zero attached hydrogens (tertiary/aromatic N) is 1. The Hall–Kier alpha value is -2.33. The van der Waals surface area contributed by atoms with E-state index in [1.54, 1.807) is 11.3 Å². The quantitative estimate of drug-likeness (QED) is 0.730. The zero-order valence-corrected chi connectivity index (χ0v) is 12.6. The predicted octanol–water partition coefficient (Wildman–Crippen LogP) is 4.86. The Balaban J connectivity index is 1.73. The topological polar surface area (TPSA) is 34.2 Å². The molecule has 21 heavy (non-hydrogen) atoms. The minimum Gasteiger partial charge on any atom is -0.455 e. The molecule has 4 heteroatoms. The van der Waals surface area contributed by atoms with Gasteiger partial charge in [-0.2, -0.15) is 0 Å². The third-order valence-corrected chi connectivity index (χ3v) is 3.81. The summed E-state index contributed by atoms with van der Waals surface area (Å²) in [6, 6.07) is 17.7. The number of para-hydroxylation sites is 3. The van der Waals surface area contributed by atoms with Crippen molar-refractivity contribution in [2.24, 2.45) is 0 Å². The smallest absolute Gasteiger partial charge is 0.150 e. The Morgan fingerprint density at radius 2 is 1.81 bits per heavy atom. The van der Waals surface area contributed by atoms with Gasteiger partial charge in [0.2, 0.25) is 0 Å². The van der Waals surface area contributed by atoms with Gasteiger partial charge in [0, 0.05) is 5.38 Å². The minimum atomic E-state index is 0.694. The predicted molar refractivity (Wildman–Crippen MR) is 87.1 cm³/mol. The highest BCUT2D eigenvalue weighted by Gasteiger charge is 2.05. The molecule has 0 aliphatic carbocycles. The molecular formula is C17H16N2OS. The van der Waals surface area contributed by atoms with Crippen molar-refractivity contribution in [1.29, 1.82) is 0 Å². The molecule has 0 radical (unpaired) electrons. The zero-order chi connectivity index (χ0) is 14.5. The molecule has 0 atom stereocenters. The Morgan fingerprint density at radius 3 is 2.57 bits per heavy atom. The SMILES string of the molecule is Cc1nc(CNc2ccccc2Oc2ccccc2)cs1.